The number of halogens is 5. The summed E-state index contributed by atoms with van der Waals surface area (Å²) in [6, 6.07) is -0.334. The molecule has 2 aromatic rings. The number of nitrogens with one attached hydrogen (secondary N) is 1. The molecule has 158 valence electrons. The summed E-state index contributed by atoms with van der Waals surface area (Å²) in [5.41, 5.74) is 0.707. The molecule has 1 aliphatic heterocycles. The maximum Gasteiger partial charge on any atom is 0.408 e. The average molecular weight is 417 g/mol. The van der Waals surface area contributed by atoms with Crippen LogP contribution >= 0.6 is 0 Å². The number of amides is 1. The fourth-order valence-corrected chi connectivity index (χ4v) is 3.69. The molecule has 1 aliphatic carbocycles. The van der Waals surface area contributed by atoms with Crippen LogP contribution in [0.25, 0.3) is 5.65 Å². The molecule has 6 nitrogen and oxygen atoms in total. The van der Waals surface area contributed by atoms with Crippen LogP contribution in [0, 0.1) is 12.8 Å². The molecule has 3 heterocycles. The van der Waals surface area contributed by atoms with E-state index in [0.29, 0.717) is 24.9 Å². The number of carbonyl (C=O) groups excluding carboxylic acids is 1. The van der Waals surface area contributed by atoms with E-state index in [4.69, 9.17) is 0 Å². The summed E-state index contributed by atoms with van der Waals surface area (Å²) in [6.07, 6.45) is -2.50. The highest BCUT2D eigenvalue weighted by molar-refractivity contribution is 5.93. The van der Waals surface area contributed by atoms with Crippen LogP contribution in [-0.4, -0.2) is 51.7 Å². The van der Waals surface area contributed by atoms with Crippen molar-refractivity contribution in [1.29, 1.82) is 0 Å². The lowest BCUT2D eigenvalue weighted by atomic mass is 10.1. The van der Waals surface area contributed by atoms with E-state index in [2.05, 4.69) is 10.1 Å². The van der Waals surface area contributed by atoms with E-state index < -0.39 is 36.5 Å². The molecule has 11 heteroatoms. The fourth-order valence-electron chi connectivity index (χ4n) is 3.69. The van der Waals surface area contributed by atoms with Crippen LogP contribution in [0.2, 0.25) is 0 Å². The number of hydrogen-bond acceptors (Lipinski definition) is 4. The minimum atomic E-state index is -4.55. The number of hydrogen-bond donors (Lipinski definition) is 1. The number of carbonyl (C=O) groups is 1. The van der Waals surface area contributed by atoms with Crippen molar-refractivity contribution in [3.63, 3.8) is 0 Å². The highest BCUT2D eigenvalue weighted by Gasteiger charge is 2.50. The highest BCUT2D eigenvalue weighted by Crippen LogP contribution is 2.40. The molecule has 1 saturated carbocycles. The second-order valence-electron chi connectivity index (χ2n) is 7.78. The Morgan fingerprint density at radius 2 is 2.07 bits per heavy atom. The summed E-state index contributed by atoms with van der Waals surface area (Å²) in [7, 11) is 0. The van der Waals surface area contributed by atoms with Crippen LogP contribution in [0.1, 0.15) is 41.7 Å². The quantitative estimate of drug-likeness (QED) is 0.776. The second kappa shape index (κ2) is 6.81. The SMILES string of the molecule is Cc1cc(N2CCCC(F)(F)C2)nn2c(C(=O)N[C@@H](C3CC3)C(F)(F)F)cnc12. The van der Waals surface area contributed by atoms with Crippen molar-refractivity contribution in [1.82, 2.24) is 19.9 Å². The molecule has 0 bridgehead atoms. The summed E-state index contributed by atoms with van der Waals surface area (Å²) >= 11 is 0. The standard InChI is InChI=1S/C18H20F5N5O/c1-10-7-13(27-6-2-5-17(19,20)9-27)26-28-12(8-24-15(10)28)16(29)25-14(11-3-4-11)18(21,22)23/h7-8,11,14H,2-6,9H2,1H3,(H,25,29)/t14-/m0/s1. The van der Waals surface area contributed by atoms with Gasteiger partial charge in [0.2, 0.25) is 0 Å². The van der Waals surface area contributed by atoms with Crippen LogP contribution in [0.5, 0.6) is 0 Å². The third-order valence-electron chi connectivity index (χ3n) is 5.32. The molecule has 1 N–H and O–H groups in total. The molecule has 1 atom stereocenters. The minimum absolute atomic E-state index is 0.163. The Kier molecular flexibility index (Phi) is 4.66. The summed E-state index contributed by atoms with van der Waals surface area (Å²) in [5, 5.41) is 6.29. The van der Waals surface area contributed by atoms with E-state index in [1.54, 1.807) is 13.0 Å². The molecule has 29 heavy (non-hydrogen) atoms. The molecule has 0 spiro atoms. The summed E-state index contributed by atoms with van der Waals surface area (Å²) < 4.78 is 68.4. The van der Waals surface area contributed by atoms with Gasteiger partial charge in [0.1, 0.15) is 11.9 Å². The van der Waals surface area contributed by atoms with E-state index in [1.165, 1.54) is 4.90 Å². The number of rotatable bonds is 4. The van der Waals surface area contributed by atoms with Gasteiger partial charge >= 0.3 is 6.18 Å². The topological polar surface area (TPSA) is 62.5 Å². The number of nitrogens with zero attached hydrogens (tertiary/aromatic N) is 4. The van der Waals surface area contributed by atoms with E-state index in [1.807, 2.05) is 5.32 Å². The third-order valence-corrected chi connectivity index (χ3v) is 5.32. The van der Waals surface area contributed by atoms with E-state index >= 15 is 0 Å². The smallest absolute Gasteiger partial charge is 0.349 e. The van der Waals surface area contributed by atoms with Gasteiger partial charge in [0.15, 0.2) is 11.3 Å². The molecular formula is C18H20F5N5O. The number of imidazole rings is 1. The van der Waals surface area contributed by atoms with Crippen molar-refractivity contribution < 1.29 is 26.7 Å². The lowest BCUT2D eigenvalue weighted by Gasteiger charge is -2.33. The number of aryl methyl sites for hydroxylation is 1. The molecule has 2 aromatic heterocycles. The van der Waals surface area contributed by atoms with Crippen molar-refractivity contribution >= 4 is 17.4 Å². The van der Waals surface area contributed by atoms with Crippen LogP contribution in [0.15, 0.2) is 12.3 Å². The normalized spacial score (nSPS) is 20.7. The first-order valence-electron chi connectivity index (χ1n) is 9.41. The summed E-state index contributed by atoms with van der Waals surface area (Å²) in [4.78, 5) is 18.1. The van der Waals surface area contributed by atoms with Gasteiger partial charge in [0, 0.05) is 13.0 Å². The average Bonchev–Trinajstić information content (AvgIpc) is 3.35. The molecule has 4 rings (SSSR count). The zero-order chi connectivity index (χ0) is 21.0. The van der Waals surface area contributed by atoms with Gasteiger partial charge in [-0.2, -0.15) is 13.2 Å². The zero-order valence-electron chi connectivity index (χ0n) is 15.6. The third kappa shape index (κ3) is 3.99. The fraction of sp³-hybridized carbons (Fsp3) is 0.611. The maximum absolute atomic E-state index is 13.8. The van der Waals surface area contributed by atoms with Crippen molar-refractivity contribution in [2.24, 2.45) is 5.92 Å². The van der Waals surface area contributed by atoms with Crippen molar-refractivity contribution in [3.8, 4) is 0 Å². The first kappa shape index (κ1) is 19.8. The van der Waals surface area contributed by atoms with Crippen LogP contribution < -0.4 is 10.2 Å². The highest BCUT2D eigenvalue weighted by atomic mass is 19.4. The Balaban J connectivity index is 1.65. The molecule has 0 radical (unpaired) electrons. The van der Waals surface area contributed by atoms with Crippen molar-refractivity contribution in [2.45, 2.75) is 50.7 Å². The van der Waals surface area contributed by atoms with Gasteiger partial charge in [-0.15, -0.1) is 5.10 Å². The van der Waals surface area contributed by atoms with Crippen molar-refractivity contribution in [3.05, 3.63) is 23.5 Å². The molecule has 0 aromatic carbocycles. The van der Waals surface area contributed by atoms with Crippen LogP contribution in [0.3, 0.4) is 0 Å². The lowest BCUT2D eigenvalue weighted by molar-refractivity contribution is -0.158. The Morgan fingerprint density at radius 3 is 2.69 bits per heavy atom. The Labute approximate surface area is 163 Å². The molecule has 0 unspecified atom stereocenters. The summed E-state index contributed by atoms with van der Waals surface area (Å²) in [5.74, 6) is -4.18. The number of alkyl halides is 5. The van der Waals surface area contributed by atoms with Crippen molar-refractivity contribution in [2.75, 3.05) is 18.0 Å². The lowest BCUT2D eigenvalue weighted by Crippen LogP contribution is -2.47. The number of piperidine rings is 1. The van der Waals surface area contributed by atoms with Gasteiger partial charge in [-0.05, 0) is 43.7 Å². The number of aromatic nitrogens is 3. The Bertz CT molecular complexity index is 937. The van der Waals surface area contributed by atoms with Crippen LogP contribution in [0.4, 0.5) is 27.8 Å². The van der Waals surface area contributed by atoms with E-state index in [0.717, 1.165) is 10.7 Å². The predicted octanol–water partition coefficient (Wildman–Crippen LogP) is 3.34. The van der Waals surface area contributed by atoms with Gasteiger partial charge in [-0.25, -0.2) is 18.3 Å². The monoisotopic (exact) mass is 417 g/mol. The van der Waals surface area contributed by atoms with Gasteiger partial charge < -0.3 is 10.2 Å². The molecule has 2 aliphatic rings. The van der Waals surface area contributed by atoms with Gasteiger partial charge in [0.05, 0.1) is 12.7 Å². The van der Waals surface area contributed by atoms with E-state index in [9.17, 15) is 26.7 Å². The summed E-state index contributed by atoms with van der Waals surface area (Å²) in [6.45, 7) is 1.56. The van der Waals surface area contributed by atoms with E-state index in [-0.39, 0.29) is 30.0 Å². The second-order valence-corrected chi connectivity index (χ2v) is 7.78. The largest absolute Gasteiger partial charge is 0.408 e. The molecule has 1 amide bonds. The Hall–Kier alpha value is -2.46. The minimum Gasteiger partial charge on any atom is -0.349 e. The van der Waals surface area contributed by atoms with Gasteiger partial charge in [0.25, 0.3) is 11.8 Å². The van der Waals surface area contributed by atoms with Gasteiger partial charge in [-0.3, -0.25) is 4.79 Å². The predicted molar refractivity (Wildman–Crippen MR) is 94.2 cm³/mol. The molecular weight excluding hydrogens is 397 g/mol. The Morgan fingerprint density at radius 1 is 1.34 bits per heavy atom. The van der Waals surface area contributed by atoms with Crippen LogP contribution in [-0.2, 0) is 0 Å². The first-order chi connectivity index (χ1) is 13.5. The first-order valence-corrected chi connectivity index (χ1v) is 9.41. The van der Waals surface area contributed by atoms with Gasteiger partial charge in [-0.1, -0.05) is 0 Å². The molecule has 2 fully saturated rings. The number of anilines is 1. The zero-order valence-corrected chi connectivity index (χ0v) is 15.6. The molecule has 1 saturated heterocycles. The number of fused-ring (bicyclic) bond motifs is 1. The maximum atomic E-state index is 13.8.